The van der Waals surface area contributed by atoms with E-state index < -0.39 is 11.5 Å². The number of aromatic hydroxyl groups is 2. The number of likely N-dealkylation sites (N-methyl/N-ethyl adjacent to an activating group) is 2. The van der Waals surface area contributed by atoms with E-state index in [1.54, 1.807) is 28.4 Å². The van der Waals surface area contributed by atoms with Crippen molar-refractivity contribution in [3.8, 4) is 57.5 Å². The summed E-state index contributed by atoms with van der Waals surface area (Å²) in [5.41, 5.74) is 11.9. The monoisotopic (exact) mass is 833 g/mol. The molecule has 4 heterocycles. The van der Waals surface area contributed by atoms with Crippen LogP contribution in [0.5, 0.6) is 57.5 Å². The van der Waals surface area contributed by atoms with Crippen molar-refractivity contribution in [2.45, 2.75) is 56.7 Å². The summed E-state index contributed by atoms with van der Waals surface area (Å²) >= 11 is 0. The Morgan fingerprint density at radius 3 is 2.00 bits per heavy atom. The molecule has 61 heavy (non-hydrogen) atoms. The minimum atomic E-state index is -1.39. The van der Waals surface area contributed by atoms with Crippen molar-refractivity contribution in [1.82, 2.24) is 9.80 Å². The van der Waals surface area contributed by atoms with E-state index in [1.165, 1.54) is 47.4 Å². The molecule has 5 aromatic rings. The number of rotatable bonds is 7. The fraction of sp³-hybridized carbons (Fsp3) is 0.354. The Bertz CT molecular complexity index is 2400. The molecule has 5 N–H and O–H groups in total. The standard InChI is InChI=1S/C38H42N2O6.C10H13NO4/c1-39-15-13-25-20-32(42-4)34-22-28(25)29(39)17-23-7-10-27(11-8-23)45-33-19-24(9-12-31(33)41-3)18-30-36-26(14-16-40(30)2)21-35(43-5)37(44-6)38(36)46-34;1-10(11,9(14)15)5-6-2-3-7(12)8(13)4-6/h7-12,19-22,29-30H,13-18H2,1-6H3;2-4,12-13H,5,11H2,1H3,(H,14,15). The topological polar surface area (TPSA) is 166 Å². The largest absolute Gasteiger partial charge is 0.504 e. The number of benzene rings is 5. The molecule has 13 nitrogen and oxygen atoms in total. The fourth-order valence-corrected chi connectivity index (χ4v) is 8.45. The number of hydrogen-bond donors (Lipinski definition) is 4. The van der Waals surface area contributed by atoms with E-state index in [-0.39, 0.29) is 30.0 Å². The van der Waals surface area contributed by atoms with E-state index >= 15 is 0 Å². The predicted octanol–water partition coefficient (Wildman–Crippen LogP) is 7.60. The zero-order chi connectivity index (χ0) is 43.6. The summed E-state index contributed by atoms with van der Waals surface area (Å²) < 4.78 is 37.1. The van der Waals surface area contributed by atoms with Crippen LogP contribution in [0.15, 0.2) is 78.9 Å². The van der Waals surface area contributed by atoms with Crippen LogP contribution in [-0.4, -0.2) is 92.3 Å². The summed E-state index contributed by atoms with van der Waals surface area (Å²) in [6.07, 6.45) is 3.45. The van der Waals surface area contributed by atoms with Crippen LogP contribution in [0.3, 0.4) is 0 Å². The minimum Gasteiger partial charge on any atom is -0.504 e. The fourth-order valence-electron chi connectivity index (χ4n) is 8.45. The molecular weight excluding hydrogens is 779 g/mol. The molecule has 4 aliphatic heterocycles. The number of nitrogens with two attached hydrogens (primary N) is 1. The number of fused-ring (bicyclic) bond motifs is 2. The van der Waals surface area contributed by atoms with E-state index in [4.69, 9.17) is 44.4 Å². The lowest BCUT2D eigenvalue weighted by Gasteiger charge is -2.37. The van der Waals surface area contributed by atoms with Crippen LogP contribution in [0.25, 0.3) is 0 Å². The summed E-state index contributed by atoms with van der Waals surface area (Å²) in [6.45, 7) is 3.25. The number of hydrogen-bond acceptors (Lipinski definition) is 12. The summed E-state index contributed by atoms with van der Waals surface area (Å²) in [6, 6.07) is 25.3. The van der Waals surface area contributed by atoms with Gasteiger partial charge in [0.25, 0.3) is 0 Å². The molecule has 5 aromatic carbocycles. The van der Waals surface area contributed by atoms with Crippen LogP contribution in [-0.2, 0) is 36.9 Å². The normalized spacial score (nSPS) is 18.0. The van der Waals surface area contributed by atoms with Crippen LogP contribution >= 0.6 is 0 Å². The van der Waals surface area contributed by atoms with Gasteiger partial charge in [-0.15, -0.1) is 0 Å². The lowest BCUT2D eigenvalue weighted by Crippen LogP contribution is -2.46. The summed E-state index contributed by atoms with van der Waals surface area (Å²) in [5, 5.41) is 27.0. The highest BCUT2D eigenvalue weighted by atomic mass is 16.5. The smallest absolute Gasteiger partial charge is 0.323 e. The molecule has 9 rings (SSSR count). The Kier molecular flexibility index (Phi) is 12.6. The highest BCUT2D eigenvalue weighted by Gasteiger charge is 2.35. The molecule has 13 heteroatoms. The van der Waals surface area contributed by atoms with Gasteiger partial charge >= 0.3 is 5.97 Å². The highest BCUT2D eigenvalue weighted by Crippen LogP contribution is 2.52. The molecule has 3 unspecified atom stereocenters. The van der Waals surface area contributed by atoms with Crippen LogP contribution in [0.4, 0.5) is 0 Å². The quantitative estimate of drug-likeness (QED) is 0.119. The maximum absolute atomic E-state index is 10.7. The van der Waals surface area contributed by atoms with Gasteiger partial charge in [0.2, 0.25) is 5.75 Å². The minimum absolute atomic E-state index is 0.000437. The first kappa shape index (κ1) is 43.0. The van der Waals surface area contributed by atoms with Gasteiger partial charge in [0.15, 0.2) is 46.0 Å². The Labute approximate surface area is 356 Å². The third kappa shape index (κ3) is 9.00. The molecule has 0 aliphatic carbocycles. The van der Waals surface area contributed by atoms with Crippen LogP contribution in [0, 0.1) is 0 Å². The lowest BCUT2D eigenvalue weighted by molar-refractivity contribution is -0.142. The molecule has 0 amide bonds. The summed E-state index contributed by atoms with van der Waals surface area (Å²) in [7, 11) is 11.1. The van der Waals surface area contributed by atoms with Gasteiger partial charge in [0.05, 0.1) is 28.4 Å². The predicted molar refractivity (Wildman–Crippen MR) is 231 cm³/mol. The summed E-state index contributed by atoms with van der Waals surface area (Å²) in [5.74, 6) is 3.77. The first-order chi connectivity index (χ1) is 29.2. The van der Waals surface area contributed by atoms with E-state index in [2.05, 4.69) is 66.4 Å². The number of carboxylic acids is 1. The van der Waals surface area contributed by atoms with Crippen molar-refractivity contribution in [2.75, 3.05) is 55.6 Å². The van der Waals surface area contributed by atoms with Gasteiger partial charge < -0.3 is 49.5 Å². The maximum atomic E-state index is 10.7. The molecule has 0 fully saturated rings. The molecule has 0 radical (unpaired) electrons. The first-order valence-electron chi connectivity index (χ1n) is 20.3. The Morgan fingerprint density at radius 2 is 1.34 bits per heavy atom. The number of carboxylic acid groups (broad SMARTS) is 1. The molecule has 0 saturated carbocycles. The van der Waals surface area contributed by atoms with Gasteiger partial charge in [0, 0.05) is 37.2 Å². The van der Waals surface area contributed by atoms with E-state index in [9.17, 15) is 9.90 Å². The van der Waals surface area contributed by atoms with E-state index in [0.717, 1.165) is 55.6 Å². The Hall–Kier alpha value is -6.15. The second-order valence-corrected chi connectivity index (χ2v) is 16.2. The number of phenolic OH excluding ortho intramolecular Hbond substituents is 2. The third-order valence-electron chi connectivity index (χ3n) is 11.9. The highest BCUT2D eigenvalue weighted by molar-refractivity contribution is 5.78. The Balaban J connectivity index is 0.000000318. The van der Waals surface area contributed by atoms with Crippen LogP contribution in [0.2, 0.25) is 0 Å². The van der Waals surface area contributed by atoms with Gasteiger partial charge in [0.1, 0.15) is 11.3 Å². The molecule has 6 bridgehead atoms. The molecule has 0 aromatic heterocycles. The van der Waals surface area contributed by atoms with Crippen molar-refractivity contribution in [3.63, 3.8) is 0 Å². The average Bonchev–Trinajstić information content (AvgIpc) is 3.24. The number of carbonyl (C=O) groups is 1. The SMILES string of the molecule is CC(N)(Cc1ccc(O)c(O)c1)C(=O)O.COc1ccc2cc1Oc1ccc(cc1)CC1c3cc(c(OC)cc3CCN1C)Oc1c(OC)c(OC)cc3c1C(C2)N(C)CC3. The zero-order valence-electron chi connectivity index (χ0n) is 35.8. The van der Waals surface area contributed by atoms with E-state index in [0.29, 0.717) is 45.8 Å². The third-order valence-corrected chi connectivity index (χ3v) is 11.9. The molecule has 322 valence electrons. The maximum Gasteiger partial charge on any atom is 0.323 e. The van der Waals surface area contributed by atoms with Gasteiger partial charge in [-0.3, -0.25) is 14.6 Å². The van der Waals surface area contributed by atoms with Crippen molar-refractivity contribution in [3.05, 3.63) is 118 Å². The van der Waals surface area contributed by atoms with Crippen molar-refractivity contribution < 1.29 is 48.5 Å². The Morgan fingerprint density at radius 1 is 0.721 bits per heavy atom. The first-order valence-corrected chi connectivity index (χ1v) is 20.3. The van der Waals surface area contributed by atoms with E-state index in [1.807, 2.05) is 18.2 Å². The van der Waals surface area contributed by atoms with Crippen molar-refractivity contribution in [1.29, 1.82) is 0 Å². The number of nitrogens with zero attached hydrogens (tertiary/aromatic N) is 2. The van der Waals surface area contributed by atoms with Crippen LogP contribution < -0.4 is 34.2 Å². The molecule has 0 spiro atoms. The summed E-state index contributed by atoms with van der Waals surface area (Å²) in [4.78, 5) is 15.6. The van der Waals surface area contributed by atoms with Crippen molar-refractivity contribution in [2.24, 2.45) is 5.73 Å². The number of phenols is 2. The number of aliphatic carboxylic acids is 1. The molecule has 0 saturated heterocycles. The second-order valence-electron chi connectivity index (χ2n) is 16.2. The molecular formula is C48H55N3O10. The van der Waals surface area contributed by atoms with Gasteiger partial charge in [-0.1, -0.05) is 24.3 Å². The van der Waals surface area contributed by atoms with Crippen molar-refractivity contribution >= 4 is 5.97 Å². The van der Waals surface area contributed by atoms with Gasteiger partial charge in [-0.2, -0.15) is 0 Å². The number of ether oxygens (including phenoxy) is 6. The molecule has 4 aliphatic rings. The van der Waals surface area contributed by atoms with Crippen LogP contribution in [0.1, 0.15) is 58.0 Å². The van der Waals surface area contributed by atoms with Gasteiger partial charge in [-0.05, 0) is 135 Å². The zero-order valence-corrected chi connectivity index (χ0v) is 35.8. The lowest BCUT2D eigenvalue weighted by atomic mass is 9.87. The van der Waals surface area contributed by atoms with Gasteiger partial charge in [-0.25, -0.2) is 0 Å². The average molecular weight is 834 g/mol. The second kappa shape index (κ2) is 17.8. The molecule has 3 atom stereocenters. The number of methoxy groups -OCH3 is 4.